The highest BCUT2D eigenvalue weighted by Gasteiger charge is 2.53. The molecule has 5 rings (SSSR count). The summed E-state index contributed by atoms with van der Waals surface area (Å²) in [6.07, 6.45) is 3.67. The van der Waals surface area contributed by atoms with Crippen molar-refractivity contribution in [2.24, 2.45) is 0 Å². The molecule has 3 aromatic rings. The van der Waals surface area contributed by atoms with Crippen LogP contribution < -0.4 is 10.2 Å². The first kappa shape index (κ1) is 22.5. The molecule has 3 heterocycles. The number of anilines is 1. The van der Waals surface area contributed by atoms with E-state index >= 15 is 0 Å². The van der Waals surface area contributed by atoms with Crippen molar-refractivity contribution in [1.29, 1.82) is 0 Å². The van der Waals surface area contributed by atoms with Crippen molar-refractivity contribution in [3.05, 3.63) is 90.3 Å². The summed E-state index contributed by atoms with van der Waals surface area (Å²) in [5.74, 6) is -0.0461. The van der Waals surface area contributed by atoms with E-state index < -0.39 is 17.5 Å². The van der Waals surface area contributed by atoms with Crippen LogP contribution in [-0.4, -0.2) is 70.3 Å². The van der Waals surface area contributed by atoms with Gasteiger partial charge >= 0.3 is 6.03 Å². The molecule has 0 aliphatic carbocycles. The Hall–Kier alpha value is -4.27. The maximum atomic E-state index is 13.7. The topological polar surface area (TPSA) is 98.7 Å². The molecular weight excluding hydrogens is 444 g/mol. The highest BCUT2D eigenvalue weighted by Crippen LogP contribution is 2.33. The number of benzene rings is 2. The van der Waals surface area contributed by atoms with Gasteiger partial charge in [-0.1, -0.05) is 60.7 Å². The lowest BCUT2D eigenvalue weighted by Gasteiger charge is -2.35. The molecule has 4 amide bonds. The van der Waals surface area contributed by atoms with Gasteiger partial charge in [-0.05, 0) is 17.2 Å². The van der Waals surface area contributed by atoms with Crippen molar-refractivity contribution in [2.45, 2.75) is 12.0 Å². The van der Waals surface area contributed by atoms with Crippen LogP contribution >= 0.6 is 0 Å². The third-order valence-electron chi connectivity index (χ3n) is 6.52. The molecule has 2 fully saturated rings. The summed E-state index contributed by atoms with van der Waals surface area (Å²) in [6.45, 7) is 1.80. The number of rotatable bonds is 6. The van der Waals surface area contributed by atoms with Gasteiger partial charge in [-0.15, -0.1) is 0 Å². The van der Waals surface area contributed by atoms with Crippen LogP contribution in [0.3, 0.4) is 0 Å². The van der Waals surface area contributed by atoms with Crippen LogP contribution in [0.25, 0.3) is 0 Å². The summed E-state index contributed by atoms with van der Waals surface area (Å²) in [5.41, 5.74) is 0.342. The summed E-state index contributed by atoms with van der Waals surface area (Å²) >= 11 is 0. The van der Waals surface area contributed by atoms with Gasteiger partial charge in [0.25, 0.3) is 5.91 Å². The third kappa shape index (κ3) is 4.44. The fourth-order valence-electron chi connectivity index (χ4n) is 4.66. The lowest BCUT2D eigenvalue weighted by Crippen LogP contribution is -2.52. The fraction of sp³-hybridized carbons (Fsp3) is 0.269. The second kappa shape index (κ2) is 9.54. The number of amides is 4. The van der Waals surface area contributed by atoms with Gasteiger partial charge in [0.1, 0.15) is 6.54 Å². The van der Waals surface area contributed by atoms with Gasteiger partial charge in [0, 0.05) is 45.0 Å². The molecule has 0 radical (unpaired) electrons. The fourth-order valence-corrected chi connectivity index (χ4v) is 4.66. The normalized spacial score (nSPS) is 20.2. The summed E-state index contributed by atoms with van der Waals surface area (Å²) in [7, 11) is 0. The number of carbonyl (C=O) groups is 3. The number of carbonyl (C=O) groups excluding carboxylic acids is 3. The van der Waals surface area contributed by atoms with Crippen LogP contribution in [0, 0.1) is 0 Å². The molecule has 2 aromatic carbocycles. The zero-order valence-electron chi connectivity index (χ0n) is 19.2. The molecule has 178 valence electrons. The molecule has 9 heteroatoms. The molecule has 2 aliphatic rings. The largest absolute Gasteiger partial charge is 0.338 e. The van der Waals surface area contributed by atoms with E-state index in [9.17, 15) is 14.4 Å². The Bertz CT molecular complexity index is 1200. The second-order valence-corrected chi connectivity index (χ2v) is 8.67. The van der Waals surface area contributed by atoms with Gasteiger partial charge in [-0.25, -0.2) is 14.8 Å². The highest BCUT2D eigenvalue weighted by molar-refractivity contribution is 6.09. The second-order valence-electron chi connectivity index (χ2n) is 8.67. The summed E-state index contributed by atoms with van der Waals surface area (Å²) < 4.78 is 0. The van der Waals surface area contributed by atoms with Crippen LogP contribution in [0.4, 0.5) is 10.7 Å². The number of piperazine rings is 1. The molecule has 1 aromatic heterocycles. The van der Waals surface area contributed by atoms with Crippen molar-refractivity contribution >= 4 is 23.8 Å². The molecule has 1 atom stereocenters. The summed E-state index contributed by atoms with van der Waals surface area (Å²) in [5, 5.41) is 2.91. The maximum Gasteiger partial charge on any atom is 0.325 e. The van der Waals surface area contributed by atoms with E-state index in [0.29, 0.717) is 44.1 Å². The summed E-state index contributed by atoms with van der Waals surface area (Å²) in [4.78, 5) is 53.1. The number of imide groups is 1. The minimum atomic E-state index is -1.26. The Kier molecular flexibility index (Phi) is 6.13. The Morgan fingerprint density at radius 3 is 2.14 bits per heavy atom. The van der Waals surface area contributed by atoms with E-state index in [-0.39, 0.29) is 12.5 Å². The van der Waals surface area contributed by atoms with Crippen LogP contribution in [0.5, 0.6) is 0 Å². The third-order valence-corrected chi connectivity index (χ3v) is 6.52. The minimum Gasteiger partial charge on any atom is -0.338 e. The molecule has 2 saturated heterocycles. The highest BCUT2D eigenvalue weighted by atomic mass is 16.2. The van der Waals surface area contributed by atoms with E-state index in [2.05, 4.69) is 15.3 Å². The van der Waals surface area contributed by atoms with E-state index in [0.717, 1.165) is 10.5 Å². The van der Waals surface area contributed by atoms with Crippen LogP contribution in [0.15, 0.2) is 79.1 Å². The Balaban J connectivity index is 1.31. The zero-order valence-corrected chi connectivity index (χ0v) is 19.2. The van der Waals surface area contributed by atoms with Crippen LogP contribution in [-0.2, 0) is 21.5 Å². The number of urea groups is 1. The first-order valence-electron chi connectivity index (χ1n) is 11.6. The molecular formula is C26H26N6O3. The zero-order chi connectivity index (χ0) is 24.3. The lowest BCUT2D eigenvalue weighted by atomic mass is 9.83. The number of aromatic nitrogens is 2. The van der Waals surface area contributed by atoms with Crippen LogP contribution in [0.2, 0.25) is 0 Å². The van der Waals surface area contributed by atoms with Gasteiger partial charge in [0.05, 0.1) is 0 Å². The van der Waals surface area contributed by atoms with E-state index in [4.69, 9.17) is 0 Å². The van der Waals surface area contributed by atoms with Gasteiger partial charge < -0.3 is 15.1 Å². The molecule has 0 saturated carbocycles. The molecule has 1 N–H and O–H groups in total. The smallest absolute Gasteiger partial charge is 0.325 e. The Labute approximate surface area is 203 Å². The lowest BCUT2D eigenvalue weighted by molar-refractivity contribution is -0.139. The van der Waals surface area contributed by atoms with Gasteiger partial charge in [-0.2, -0.15) is 0 Å². The average Bonchev–Trinajstić information content (AvgIpc) is 3.15. The number of nitrogens with one attached hydrogen (secondary N) is 1. The first-order chi connectivity index (χ1) is 17.1. The number of hydrogen-bond acceptors (Lipinski definition) is 6. The predicted octanol–water partition coefficient (Wildman–Crippen LogP) is 1.82. The van der Waals surface area contributed by atoms with Crippen molar-refractivity contribution in [3.63, 3.8) is 0 Å². The van der Waals surface area contributed by atoms with E-state index in [1.165, 1.54) is 0 Å². The Morgan fingerprint density at radius 1 is 0.857 bits per heavy atom. The van der Waals surface area contributed by atoms with Crippen molar-refractivity contribution in [3.8, 4) is 0 Å². The monoisotopic (exact) mass is 470 g/mol. The molecule has 9 nitrogen and oxygen atoms in total. The molecule has 35 heavy (non-hydrogen) atoms. The maximum absolute atomic E-state index is 13.7. The predicted molar refractivity (Wildman–Crippen MR) is 129 cm³/mol. The molecule has 0 spiro atoms. The standard InChI is InChI=1S/C26H26N6O3/c33-22(30-14-16-31(17-15-30)24-27-12-7-13-28-24)19-32-23(34)26(29-25(32)35,21-10-5-2-6-11-21)18-20-8-3-1-4-9-20/h1-13H,14-19H2,(H,29,35). The SMILES string of the molecule is O=C(CN1C(=O)NC(Cc2ccccc2)(c2ccccc2)C1=O)N1CCN(c2ncccn2)CC1. The van der Waals surface area contributed by atoms with Gasteiger partial charge in [-0.3, -0.25) is 14.5 Å². The average molecular weight is 471 g/mol. The summed E-state index contributed by atoms with van der Waals surface area (Å²) in [6, 6.07) is 20.0. The molecule has 1 unspecified atom stereocenters. The minimum absolute atomic E-state index is 0.259. The number of hydrogen-bond donors (Lipinski definition) is 1. The number of nitrogens with zero attached hydrogens (tertiary/aromatic N) is 5. The van der Waals surface area contributed by atoms with Crippen molar-refractivity contribution in [2.75, 3.05) is 37.6 Å². The Morgan fingerprint density at radius 2 is 1.49 bits per heavy atom. The van der Waals surface area contributed by atoms with Gasteiger partial charge in [0.15, 0.2) is 5.54 Å². The van der Waals surface area contributed by atoms with Gasteiger partial charge in [0.2, 0.25) is 11.9 Å². The van der Waals surface area contributed by atoms with E-state index in [1.54, 1.807) is 23.4 Å². The van der Waals surface area contributed by atoms with Crippen LogP contribution in [0.1, 0.15) is 11.1 Å². The first-order valence-corrected chi connectivity index (χ1v) is 11.6. The van der Waals surface area contributed by atoms with Crippen molar-refractivity contribution < 1.29 is 14.4 Å². The quantitative estimate of drug-likeness (QED) is 0.552. The van der Waals surface area contributed by atoms with Crippen molar-refractivity contribution in [1.82, 2.24) is 25.1 Å². The van der Waals surface area contributed by atoms with E-state index in [1.807, 2.05) is 65.6 Å². The molecule has 0 bridgehead atoms. The molecule has 2 aliphatic heterocycles.